The van der Waals surface area contributed by atoms with Crippen molar-refractivity contribution in [2.75, 3.05) is 14.2 Å². The molecule has 1 aromatic rings. The Morgan fingerprint density at radius 2 is 1.93 bits per heavy atom. The Morgan fingerprint density at radius 1 is 1.33 bits per heavy atom. The van der Waals surface area contributed by atoms with Crippen LogP contribution in [0, 0.1) is 18.3 Å². The summed E-state index contributed by atoms with van der Waals surface area (Å²) in [5.41, 5.74) is 1.77. The Hall–Kier alpha value is -1.21. The topological polar surface area (TPSA) is 42.2 Å². The smallest absolute Gasteiger partial charge is 0.139 e. The number of nitriles is 1. The molecule has 0 saturated carbocycles. The molecule has 4 heteroatoms. The molecule has 0 radical (unpaired) electrons. The van der Waals surface area contributed by atoms with Crippen molar-refractivity contribution in [2.24, 2.45) is 0 Å². The lowest BCUT2D eigenvalue weighted by molar-refractivity contribution is 0.384. The molecule has 0 heterocycles. The molecular formula is C11H12BrNO2. The number of nitrogens with zero attached hydrogens (tertiary/aromatic N) is 1. The lowest BCUT2D eigenvalue weighted by Gasteiger charge is -2.14. The largest absolute Gasteiger partial charge is 0.496 e. The minimum absolute atomic E-state index is 0.326. The third kappa shape index (κ3) is 2.24. The Kier molecular flexibility index (Phi) is 3.98. The van der Waals surface area contributed by atoms with Crippen molar-refractivity contribution in [3.8, 4) is 17.6 Å². The average Bonchev–Trinajstić information content (AvgIpc) is 2.19. The molecule has 1 aromatic carbocycles. The van der Waals surface area contributed by atoms with Gasteiger partial charge in [0.25, 0.3) is 0 Å². The second-order valence-electron chi connectivity index (χ2n) is 3.04. The lowest BCUT2D eigenvalue weighted by Crippen LogP contribution is -1.98. The van der Waals surface area contributed by atoms with Crippen LogP contribution in [0.2, 0.25) is 0 Å². The highest BCUT2D eigenvalue weighted by molar-refractivity contribution is 9.10. The van der Waals surface area contributed by atoms with Crippen molar-refractivity contribution in [1.29, 1.82) is 5.26 Å². The Balaban J connectivity index is 3.38. The van der Waals surface area contributed by atoms with E-state index in [1.54, 1.807) is 14.2 Å². The first-order valence-electron chi connectivity index (χ1n) is 4.42. The van der Waals surface area contributed by atoms with Crippen LogP contribution < -0.4 is 9.47 Å². The van der Waals surface area contributed by atoms with E-state index < -0.39 is 0 Å². The summed E-state index contributed by atoms with van der Waals surface area (Å²) >= 11 is 3.40. The maximum Gasteiger partial charge on any atom is 0.139 e. The van der Waals surface area contributed by atoms with Crippen LogP contribution in [-0.2, 0) is 6.42 Å². The van der Waals surface area contributed by atoms with E-state index in [4.69, 9.17) is 14.7 Å². The number of rotatable bonds is 3. The molecule has 0 aromatic heterocycles. The first kappa shape index (κ1) is 11.9. The SMILES string of the molecule is COc1c(Br)cc(CC#N)c(OC)c1C. The number of methoxy groups -OCH3 is 2. The quantitative estimate of drug-likeness (QED) is 0.848. The zero-order valence-electron chi connectivity index (χ0n) is 8.93. The monoisotopic (exact) mass is 269 g/mol. The maximum atomic E-state index is 8.70. The molecule has 0 N–H and O–H groups in total. The van der Waals surface area contributed by atoms with E-state index in [9.17, 15) is 0 Å². The highest BCUT2D eigenvalue weighted by atomic mass is 79.9. The molecule has 15 heavy (non-hydrogen) atoms. The summed E-state index contributed by atoms with van der Waals surface area (Å²) in [5, 5.41) is 8.70. The van der Waals surface area contributed by atoms with Gasteiger partial charge in [0.1, 0.15) is 11.5 Å². The van der Waals surface area contributed by atoms with Crippen molar-refractivity contribution in [1.82, 2.24) is 0 Å². The fourth-order valence-electron chi connectivity index (χ4n) is 1.56. The van der Waals surface area contributed by atoms with Crippen LogP contribution in [0.5, 0.6) is 11.5 Å². The van der Waals surface area contributed by atoms with Gasteiger partial charge in [0, 0.05) is 11.1 Å². The van der Waals surface area contributed by atoms with Gasteiger partial charge >= 0.3 is 0 Å². The molecule has 0 bridgehead atoms. The summed E-state index contributed by atoms with van der Waals surface area (Å²) in [6.07, 6.45) is 0.326. The van der Waals surface area contributed by atoms with Crippen LogP contribution in [-0.4, -0.2) is 14.2 Å². The molecule has 0 saturated heterocycles. The Labute approximate surface area is 97.7 Å². The minimum atomic E-state index is 0.326. The maximum absolute atomic E-state index is 8.70. The number of benzene rings is 1. The van der Waals surface area contributed by atoms with Gasteiger partial charge in [0.2, 0.25) is 0 Å². The van der Waals surface area contributed by atoms with Crippen molar-refractivity contribution >= 4 is 15.9 Å². The first-order valence-corrected chi connectivity index (χ1v) is 5.21. The zero-order valence-corrected chi connectivity index (χ0v) is 10.5. The molecular weight excluding hydrogens is 258 g/mol. The number of hydrogen-bond acceptors (Lipinski definition) is 3. The molecule has 0 unspecified atom stereocenters. The molecule has 0 fully saturated rings. The summed E-state index contributed by atoms with van der Waals surface area (Å²) < 4.78 is 11.4. The van der Waals surface area contributed by atoms with E-state index in [2.05, 4.69) is 22.0 Å². The molecule has 0 aliphatic carbocycles. The van der Waals surface area contributed by atoms with Crippen LogP contribution in [0.25, 0.3) is 0 Å². The Morgan fingerprint density at radius 3 is 2.40 bits per heavy atom. The average molecular weight is 270 g/mol. The predicted molar refractivity (Wildman–Crippen MR) is 61.3 cm³/mol. The number of ether oxygens (including phenoxy) is 2. The van der Waals surface area contributed by atoms with Gasteiger partial charge in [-0.05, 0) is 28.9 Å². The molecule has 0 aliphatic heterocycles. The van der Waals surface area contributed by atoms with Gasteiger partial charge in [0.15, 0.2) is 0 Å². The standard InChI is InChI=1S/C11H12BrNO2/c1-7-10(14-2)8(4-5-13)6-9(12)11(7)15-3/h6H,4H2,1-3H3. The summed E-state index contributed by atoms with van der Waals surface area (Å²) in [6, 6.07) is 3.96. The van der Waals surface area contributed by atoms with Crippen LogP contribution in [0.3, 0.4) is 0 Å². The number of halogens is 1. The van der Waals surface area contributed by atoms with Gasteiger partial charge in [-0.1, -0.05) is 0 Å². The summed E-state index contributed by atoms with van der Waals surface area (Å²) in [5.74, 6) is 1.46. The normalized spacial score (nSPS) is 9.53. The van der Waals surface area contributed by atoms with Gasteiger partial charge in [-0.3, -0.25) is 0 Å². The van der Waals surface area contributed by atoms with Crippen molar-refractivity contribution < 1.29 is 9.47 Å². The van der Waals surface area contributed by atoms with Gasteiger partial charge < -0.3 is 9.47 Å². The molecule has 80 valence electrons. The molecule has 0 atom stereocenters. The van der Waals surface area contributed by atoms with E-state index in [1.165, 1.54) is 0 Å². The third-order valence-electron chi connectivity index (χ3n) is 2.17. The fraction of sp³-hybridized carbons (Fsp3) is 0.364. The second-order valence-corrected chi connectivity index (χ2v) is 3.90. The summed E-state index contributed by atoms with van der Waals surface area (Å²) in [7, 11) is 3.20. The van der Waals surface area contributed by atoms with Crippen molar-refractivity contribution in [2.45, 2.75) is 13.3 Å². The Bertz CT molecular complexity index is 410. The lowest BCUT2D eigenvalue weighted by atomic mass is 10.1. The molecule has 0 aliphatic rings. The van der Waals surface area contributed by atoms with E-state index in [-0.39, 0.29) is 0 Å². The van der Waals surface area contributed by atoms with E-state index >= 15 is 0 Å². The molecule has 3 nitrogen and oxygen atoms in total. The third-order valence-corrected chi connectivity index (χ3v) is 2.76. The molecule has 1 rings (SSSR count). The van der Waals surface area contributed by atoms with Crippen LogP contribution in [0.1, 0.15) is 11.1 Å². The van der Waals surface area contributed by atoms with Gasteiger partial charge in [0.05, 0.1) is 31.2 Å². The summed E-state index contributed by atoms with van der Waals surface area (Å²) in [6.45, 7) is 1.91. The van der Waals surface area contributed by atoms with Gasteiger partial charge in [-0.2, -0.15) is 5.26 Å². The molecule has 0 amide bonds. The summed E-state index contributed by atoms with van der Waals surface area (Å²) in [4.78, 5) is 0. The van der Waals surface area contributed by atoms with Crippen LogP contribution in [0.15, 0.2) is 10.5 Å². The van der Waals surface area contributed by atoms with Crippen molar-refractivity contribution in [3.63, 3.8) is 0 Å². The van der Waals surface area contributed by atoms with Crippen LogP contribution in [0.4, 0.5) is 0 Å². The second kappa shape index (κ2) is 5.04. The van der Waals surface area contributed by atoms with E-state index in [0.717, 1.165) is 27.1 Å². The zero-order chi connectivity index (χ0) is 11.4. The van der Waals surface area contributed by atoms with Gasteiger partial charge in [-0.25, -0.2) is 0 Å². The number of hydrogen-bond donors (Lipinski definition) is 0. The molecule has 0 spiro atoms. The van der Waals surface area contributed by atoms with Crippen LogP contribution >= 0.6 is 15.9 Å². The first-order chi connectivity index (χ1) is 7.15. The van der Waals surface area contributed by atoms with E-state index in [0.29, 0.717) is 6.42 Å². The predicted octanol–water partition coefficient (Wildman–Crippen LogP) is 2.84. The van der Waals surface area contributed by atoms with Crippen molar-refractivity contribution in [3.05, 3.63) is 21.7 Å². The minimum Gasteiger partial charge on any atom is -0.496 e. The highest BCUT2D eigenvalue weighted by Crippen LogP contribution is 2.38. The van der Waals surface area contributed by atoms with Gasteiger partial charge in [-0.15, -0.1) is 0 Å². The van der Waals surface area contributed by atoms with E-state index in [1.807, 2.05) is 13.0 Å². The highest BCUT2D eigenvalue weighted by Gasteiger charge is 2.14. The fourth-order valence-corrected chi connectivity index (χ4v) is 2.29.